The second-order valence-corrected chi connectivity index (χ2v) is 8.36. The Bertz CT molecular complexity index is 1520. The molecule has 0 saturated carbocycles. The number of hydrogen-bond donors (Lipinski definition) is 2. The first kappa shape index (κ1) is 19.0. The second-order valence-electron chi connectivity index (χ2n) is 8.36. The van der Waals surface area contributed by atoms with Crippen molar-refractivity contribution in [3.05, 3.63) is 108 Å². The molecule has 2 nitrogen and oxygen atoms in total. The van der Waals surface area contributed by atoms with Crippen molar-refractivity contribution in [3.63, 3.8) is 0 Å². The van der Waals surface area contributed by atoms with Crippen molar-refractivity contribution in [3.8, 4) is 11.1 Å². The molecule has 0 saturated heterocycles. The summed E-state index contributed by atoms with van der Waals surface area (Å²) in [6.45, 7) is -0.125. The molecule has 0 atom stereocenters. The molecule has 0 spiro atoms. The molecule has 154 valence electrons. The Morgan fingerprint density at radius 3 is 1.16 bits per heavy atom. The fourth-order valence-electron chi connectivity index (χ4n) is 4.97. The molecule has 0 aliphatic heterocycles. The Labute approximate surface area is 186 Å². The predicted octanol–water partition coefficient (Wildman–Crippen LogP) is 6.95. The van der Waals surface area contributed by atoms with Crippen LogP contribution >= 0.6 is 0 Å². The van der Waals surface area contributed by atoms with Gasteiger partial charge in [0.1, 0.15) is 0 Å². The lowest BCUT2D eigenvalue weighted by Crippen LogP contribution is -1.97. The van der Waals surface area contributed by atoms with E-state index in [4.69, 9.17) is 0 Å². The zero-order valence-corrected chi connectivity index (χ0v) is 17.5. The van der Waals surface area contributed by atoms with Gasteiger partial charge in [0, 0.05) is 0 Å². The van der Waals surface area contributed by atoms with E-state index in [-0.39, 0.29) is 13.2 Å². The topological polar surface area (TPSA) is 40.5 Å². The fourth-order valence-corrected chi connectivity index (χ4v) is 4.97. The largest absolute Gasteiger partial charge is 0.392 e. The summed E-state index contributed by atoms with van der Waals surface area (Å²) in [4.78, 5) is 0. The molecule has 0 radical (unpaired) electrons. The minimum atomic E-state index is -0.0626. The van der Waals surface area contributed by atoms with Crippen LogP contribution < -0.4 is 0 Å². The number of rotatable bonds is 3. The zero-order valence-electron chi connectivity index (χ0n) is 17.5. The number of benzene rings is 6. The molecule has 0 unspecified atom stereocenters. The van der Waals surface area contributed by atoms with Crippen molar-refractivity contribution in [2.24, 2.45) is 0 Å². The lowest BCUT2D eigenvalue weighted by Gasteiger charge is -2.19. The van der Waals surface area contributed by atoms with Crippen molar-refractivity contribution < 1.29 is 10.2 Å². The smallest absolute Gasteiger partial charge is 0.0688 e. The van der Waals surface area contributed by atoms with Crippen molar-refractivity contribution in [1.29, 1.82) is 0 Å². The molecule has 32 heavy (non-hydrogen) atoms. The van der Waals surface area contributed by atoms with E-state index in [2.05, 4.69) is 72.8 Å². The molecule has 6 rings (SSSR count). The number of aliphatic hydroxyl groups excluding tert-OH is 2. The minimum Gasteiger partial charge on any atom is -0.392 e. The van der Waals surface area contributed by atoms with E-state index in [1.165, 1.54) is 10.8 Å². The highest BCUT2D eigenvalue weighted by Crippen LogP contribution is 2.41. The third-order valence-electron chi connectivity index (χ3n) is 6.54. The van der Waals surface area contributed by atoms with Gasteiger partial charge in [0.25, 0.3) is 0 Å². The Morgan fingerprint density at radius 1 is 0.406 bits per heavy atom. The quantitative estimate of drug-likeness (QED) is 0.308. The first-order valence-corrected chi connectivity index (χ1v) is 10.9. The average molecular weight is 415 g/mol. The van der Waals surface area contributed by atoms with Crippen LogP contribution in [0.25, 0.3) is 54.2 Å². The normalized spacial score (nSPS) is 11.7. The molecule has 0 aliphatic carbocycles. The van der Waals surface area contributed by atoms with Crippen LogP contribution in [0.15, 0.2) is 97.1 Å². The van der Waals surface area contributed by atoms with E-state index in [0.29, 0.717) is 0 Å². The van der Waals surface area contributed by atoms with Crippen LogP contribution in [0.5, 0.6) is 0 Å². The van der Waals surface area contributed by atoms with Crippen LogP contribution in [0.1, 0.15) is 11.1 Å². The standard InChI is InChI=1S/C30H22O2/c31-17-25-11-9-23-13-19-5-1-3-7-21(19)15-27(23)29(25)30-26(18-32)12-10-24-14-20-6-2-4-8-22(20)16-28(24)30/h1-16,31-32H,17-18H2. The van der Waals surface area contributed by atoms with Gasteiger partial charge in [-0.25, -0.2) is 0 Å². The van der Waals surface area contributed by atoms with Gasteiger partial charge in [0.2, 0.25) is 0 Å². The SMILES string of the molecule is OCc1ccc2cc3ccccc3cc2c1-c1c(CO)ccc2cc3ccccc3cc12. The molecule has 6 aromatic rings. The third kappa shape index (κ3) is 2.89. The summed E-state index contributed by atoms with van der Waals surface area (Å²) < 4.78 is 0. The van der Waals surface area contributed by atoms with Gasteiger partial charge in [-0.1, -0.05) is 72.8 Å². The minimum absolute atomic E-state index is 0.0626. The Hall–Kier alpha value is -3.72. The van der Waals surface area contributed by atoms with Crippen LogP contribution in [-0.2, 0) is 13.2 Å². The van der Waals surface area contributed by atoms with Crippen LogP contribution in [0.3, 0.4) is 0 Å². The van der Waals surface area contributed by atoms with Gasteiger partial charge in [-0.3, -0.25) is 0 Å². The van der Waals surface area contributed by atoms with Crippen molar-refractivity contribution in [1.82, 2.24) is 0 Å². The van der Waals surface area contributed by atoms with Crippen molar-refractivity contribution >= 4 is 43.1 Å². The molecule has 6 aromatic carbocycles. The molecular weight excluding hydrogens is 392 g/mol. The summed E-state index contributed by atoms with van der Waals surface area (Å²) in [6, 6.07) is 33.7. The lowest BCUT2D eigenvalue weighted by molar-refractivity contribution is 0.280. The molecule has 0 fully saturated rings. The maximum absolute atomic E-state index is 10.3. The predicted molar refractivity (Wildman–Crippen MR) is 134 cm³/mol. The highest BCUT2D eigenvalue weighted by Gasteiger charge is 2.17. The summed E-state index contributed by atoms with van der Waals surface area (Å²) in [7, 11) is 0. The molecule has 2 heteroatoms. The highest BCUT2D eigenvalue weighted by atomic mass is 16.3. The second kappa shape index (κ2) is 7.45. The average Bonchev–Trinajstić information content (AvgIpc) is 2.85. The maximum atomic E-state index is 10.3. The van der Waals surface area contributed by atoms with Gasteiger partial charge in [0.05, 0.1) is 13.2 Å². The number of aliphatic hydroxyl groups is 2. The highest BCUT2D eigenvalue weighted by molar-refractivity contribution is 6.13. The van der Waals surface area contributed by atoms with Gasteiger partial charge in [-0.2, -0.15) is 0 Å². The summed E-state index contributed by atoms with van der Waals surface area (Å²) in [6.07, 6.45) is 0. The van der Waals surface area contributed by atoms with Gasteiger partial charge in [-0.05, 0) is 89.6 Å². The van der Waals surface area contributed by atoms with Gasteiger partial charge >= 0.3 is 0 Å². The van der Waals surface area contributed by atoms with Gasteiger partial charge < -0.3 is 10.2 Å². The number of fused-ring (bicyclic) bond motifs is 4. The Morgan fingerprint density at radius 2 is 0.781 bits per heavy atom. The van der Waals surface area contributed by atoms with E-state index in [9.17, 15) is 10.2 Å². The third-order valence-corrected chi connectivity index (χ3v) is 6.54. The van der Waals surface area contributed by atoms with E-state index >= 15 is 0 Å². The fraction of sp³-hybridized carbons (Fsp3) is 0.0667. The molecule has 0 amide bonds. The molecule has 0 bridgehead atoms. The zero-order chi connectivity index (χ0) is 21.7. The lowest BCUT2D eigenvalue weighted by atomic mass is 9.86. The van der Waals surface area contributed by atoms with Crippen LogP contribution in [-0.4, -0.2) is 10.2 Å². The Kier molecular flexibility index (Phi) is 4.43. The van der Waals surface area contributed by atoms with Crippen LogP contribution in [0.4, 0.5) is 0 Å². The molecular formula is C30H22O2. The van der Waals surface area contributed by atoms with Gasteiger partial charge in [-0.15, -0.1) is 0 Å². The molecule has 0 aliphatic rings. The van der Waals surface area contributed by atoms with Gasteiger partial charge in [0.15, 0.2) is 0 Å². The Balaban J connectivity index is 1.80. The molecule has 2 N–H and O–H groups in total. The van der Waals surface area contributed by atoms with Crippen molar-refractivity contribution in [2.45, 2.75) is 13.2 Å². The first-order valence-electron chi connectivity index (χ1n) is 10.9. The summed E-state index contributed by atoms with van der Waals surface area (Å²) in [5.74, 6) is 0. The summed E-state index contributed by atoms with van der Waals surface area (Å²) in [5, 5.41) is 29.7. The maximum Gasteiger partial charge on any atom is 0.0688 e. The summed E-state index contributed by atoms with van der Waals surface area (Å²) >= 11 is 0. The molecule has 0 heterocycles. The first-order chi connectivity index (χ1) is 15.8. The van der Waals surface area contributed by atoms with Crippen LogP contribution in [0, 0.1) is 0 Å². The summed E-state index contributed by atoms with van der Waals surface area (Å²) in [5.41, 5.74) is 3.73. The van der Waals surface area contributed by atoms with E-state index in [1.807, 2.05) is 24.3 Å². The number of hydrogen-bond acceptors (Lipinski definition) is 2. The monoisotopic (exact) mass is 414 g/mol. The van der Waals surface area contributed by atoms with E-state index in [0.717, 1.165) is 54.6 Å². The molecule has 0 aromatic heterocycles. The van der Waals surface area contributed by atoms with Crippen LogP contribution in [0.2, 0.25) is 0 Å². The van der Waals surface area contributed by atoms with Crippen molar-refractivity contribution in [2.75, 3.05) is 0 Å². The van der Waals surface area contributed by atoms with E-state index in [1.54, 1.807) is 0 Å². The van der Waals surface area contributed by atoms with E-state index < -0.39 is 0 Å².